The van der Waals surface area contributed by atoms with Crippen LogP contribution in [0.2, 0.25) is 0 Å². The number of nitrogens with one attached hydrogen (secondary N) is 1. The normalized spacial score (nSPS) is 10.2. The summed E-state index contributed by atoms with van der Waals surface area (Å²) in [6.07, 6.45) is 1.94. The monoisotopic (exact) mass is 319 g/mol. The van der Waals surface area contributed by atoms with Gasteiger partial charge in [0.05, 0.1) is 7.11 Å². The number of methoxy groups -OCH3 is 1. The van der Waals surface area contributed by atoms with Gasteiger partial charge in [0.15, 0.2) is 0 Å². The molecule has 0 atom stereocenters. The van der Waals surface area contributed by atoms with Gasteiger partial charge in [0.25, 0.3) is 0 Å². The summed E-state index contributed by atoms with van der Waals surface area (Å²) >= 11 is 1.33. The lowest BCUT2D eigenvalue weighted by molar-refractivity contribution is -0.140. The molecule has 1 heterocycles. The Labute approximate surface area is 132 Å². The minimum Gasteiger partial charge on any atom is -0.469 e. The summed E-state index contributed by atoms with van der Waals surface area (Å²) in [6.45, 7) is 0. The van der Waals surface area contributed by atoms with Gasteiger partial charge in [-0.3, -0.25) is 9.59 Å². The number of ether oxygens (including phenoxy) is 1. The second-order valence-corrected chi connectivity index (χ2v) is 5.59. The van der Waals surface area contributed by atoms with E-state index < -0.39 is 0 Å². The van der Waals surface area contributed by atoms with Gasteiger partial charge >= 0.3 is 5.97 Å². The SMILES string of the molecule is COC(=O)CCCCC(=O)Nc1nnc(-c2ccccc2)s1. The predicted octanol–water partition coefficient (Wildman–Crippen LogP) is 2.88. The van der Waals surface area contributed by atoms with Gasteiger partial charge in [0.2, 0.25) is 11.0 Å². The summed E-state index contributed by atoms with van der Waals surface area (Å²) in [5, 5.41) is 12.0. The number of carbonyl (C=O) groups is 2. The first-order valence-corrected chi connectivity index (χ1v) is 7.76. The third-order valence-corrected chi connectivity index (χ3v) is 3.84. The average molecular weight is 319 g/mol. The maximum absolute atomic E-state index is 11.8. The fourth-order valence-corrected chi connectivity index (χ4v) is 2.58. The third kappa shape index (κ3) is 4.92. The van der Waals surface area contributed by atoms with Crippen LogP contribution in [0.15, 0.2) is 30.3 Å². The van der Waals surface area contributed by atoms with Crippen molar-refractivity contribution >= 4 is 28.3 Å². The first-order chi connectivity index (χ1) is 10.7. The summed E-state index contributed by atoms with van der Waals surface area (Å²) in [5.41, 5.74) is 0.971. The van der Waals surface area contributed by atoms with Crippen LogP contribution in [0.4, 0.5) is 5.13 Å². The molecule has 22 heavy (non-hydrogen) atoms. The van der Waals surface area contributed by atoms with E-state index in [0.29, 0.717) is 30.8 Å². The molecule has 0 bridgehead atoms. The van der Waals surface area contributed by atoms with Gasteiger partial charge < -0.3 is 10.1 Å². The minimum atomic E-state index is -0.253. The van der Waals surface area contributed by atoms with Crippen molar-refractivity contribution in [3.8, 4) is 10.6 Å². The number of hydrogen-bond acceptors (Lipinski definition) is 6. The number of aromatic nitrogens is 2. The number of esters is 1. The summed E-state index contributed by atoms with van der Waals surface area (Å²) < 4.78 is 4.54. The summed E-state index contributed by atoms with van der Waals surface area (Å²) in [4.78, 5) is 22.7. The van der Waals surface area contributed by atoms with Crippen LogP contribution in [-0.4, -0.2) is 29.2 Å². The molecule has 6 nitrogen and oxygen atoms in total. The highest BCUT2D eigenvalue weighted by molar-refractivity contribution is 7.18. The summed E-state index contributed by atoms with van der Waals surface area (Å²) in [5.74, 6) is -0.377. The Morgan fingerprint density at radius 2 is 1.86 bits per heavy atom. The van der Waals surface area contributed by atoms with Gasteiger partial charge in [-0.05, 0) is 12.8 Å². The highest BCUT2D eigenvalue weighted by Crippen LogP contribution is 2.25. The van der Waals surface area contributed by atoms with Crippen LogP contribution < -0.4 is 5.32 Å². The van der Waals surface area contributed by atoms with Gasteiger partial charge in [-0.25, -0.2) is 0 Å². The van der Waals surface area contributed by atoms with Crippen molar-refractivity contribution in [2.75, 3.05) is 12.4 Å². The molecule has 0 unspecified atom stereocenters. The smallest absolute Gasteiger partial charge is 0.305 e. The number of rotatable bonds is 7. The van der Waals surface area contributed by atoms with Crippen molar-refractivity contribution in [2.24, 2.45) is 0 Å². The molecule has 1 N–H and O–H groups in total. The second kappa shape index (κ2) is 8.23. The molecule has 7 heteroatoms. The van der Waals surface area contributed by atoms with Crippen molar-refractivity contribution in [3.63, 3.8) is 0 Å². The first kappa shape index (κ1) is 16.1. The highest BCUT2D eigenvalue weighted by atomic mass is 32.1. The van der Waals surface area contributed by atoms with Crippen LogP contribution in [-0.2, 0) is 14.3 Å². The number of amides is 1. The Hall–Kier alpha value is -2.28. The molecule has 0 fully saturated rings. The number of benzene rings is 1. The quantitative estimate of drug-likeness (QED) is 0.627. The largest absolute Gasteiger partial charge is 0.469 e. The molecule has 2 rings (SSSR count). The van der Waals surface area contributed by atoms with E-state index in [4.69, 9.17) is 0 Å². The molecule has 1 aromatic heterocycles. The van der Waals surface area contributed by atoms with Gasteiger partial charge in [-0.15, -0.1) is 10.2 Å². The van der Waals surface area contributed by atoms with Crippen LogP contribution in [0, 0.1) is 0 Å². The molecule has 0 radical (unpaired) electrons. The van der Waals surface area contributed by atoms with Crippen molar-refractivity contribution in [1.29, 1.82) is 0 Å². The van der Waals surface area contributed by atoms with Crippen molar-refractivity contribution < 1.29 is 14.3 Å². The van der Waals surface area contributed by atoms with Crippen LogP contribution in [0.3, 0.4) is 0 Å². The van der Waals surface area contributed by atoms with E-state index in [1.165, 1.54) is 18.4 Å². The molecule has 2 aromatic rings. The van der Waals surface area contributed by atoms with Gasteiger partial charge in [-0.1, -0.05) is 41.7 Å². The molecule has 116 valence electrons. The summed E-state index contributed by atoms with van der Waals surface area (Å²) in [7, 11) is 1.36. The Kier molecular flexibility index (Phi) is 6.02. The number of carbonyl (C=O) groups excluding carboxylic acids is 2. The minimum absolute atomic E-state index is 0.124. The lowest BCUT2D eigenvalue weighted by Gasteiger charge is -2.01. The molecule has 0 aliphatic heterocycles. The number of hydrogen-bond donors (Lipinski definition) is 1. The molecule has 0 spiro atoms. The Balaban J connectivity index is 1.78. The maximum atomic E-state index is 11.8. The lowest BCUT2D eigenvalue weighted by Crippen LogP contribution is -2.11. The second-order valence-electron chi connectivity index (χ2n) is 4.61. The number of unbranched alkanes of at least 4 members (excludes halogenated alkanes) is 1. The topological polar surface area (TPSA) is 81.2 Å². The van der Waals surface area contributed by atoms with E-state index in [-0.39, 0.29) is 11.9 Å². The first-order valence-electron chi connectivity index (χ1n) is 6.94. The van der Waals surface area contributed by atoms with E-state index >= 15 is 0 Å². The van der Waals surface area contributed by atoms with Crippen molar-refractivity contribution in [2.45, 2.75) is 25.7 Å². The molecule has 0 aliphatic carbocycles. The van der Waals surface area contributed by atoms with E-state index in [2.05, 4.69) is 20.3 Å². The van der Waals surface area contributed by atoms with Crippen LogP contribution in [0.1, 0.15) is 25.7 Å². The van der Waals surface area contributed by atoms with E-state index in [1.54, 1.807) is 0 Å². The fourth-order valence-electron chi connectivity index (χ4n) is 1.81. The molecular weight excluding hydrogens is 302 g/mol. The van der Waals surface area contributed by atoms with E-state index in [0.717, 1.165) is 10.6 Å². The van der Waals surface area contributed by atoms with Crippen LogP contribution in [0.5, 0.6) is 0 Å². The lowest BCUT2D eigenvalue weighted by atomic mass is 10.2. The van der Waals surface area contributed by atoms with Gasteiger partial charge in [0, 0.05) is 18.4 Å². The molecule has 1 aromatic carbocycles. The predicted molar refractivity (Wildman–Crippen MR) is 84.5 cm³/mol. The average Bonchev–Trinajstić information content (AvgIpc) is 3.00. The van der Waals surface area contributed by atoms with Crippen molar-refractivity contribution in [1.82, 2.24) is 10.2 Å². The standard InChI is InChI=1S/C15H17N3O3S/c1-21-13(20)10-6-5-9-12(19)16-15-18-17-14(22-15)11-7-3-2-4-8-11/h2-4,7-8H,5-6,9-10H2,1H3,(H,16,18,19). The molecule has 0 saturated heterocycles. The van der Waals surface area contributed by atoms with E-state index in [1.807, 2.05) is 30.3 Å². The Bertz CT molecular complexity index is 628. The zero-order valence-corrected chi connectivity index (χ0v) is 13.1. The molecule has 0 saturated carbocycles. The third-order valence-electron chi connectivity index (χ3n) is 2.95. The zero-order valence-electron chi connectivity index (χ0n) is 12.2. The van der Waals surface area contributed by atoms with E-state index in [9.17, 15) is 9.59 Å². The van der Waals surface area contributed by atoms with Crippen LogP contribution in [0.25, 0.3) is 10.6 Å². The van der Waals surface area contributed by atoms with Gasteiger partial charge in [0.1, 0.15) is 5.01 Å². The number of nitrogens with zero attached hydrogens (tertiary/aromatic N) is 2. The number of anilines is 1. The maximum Gasteiger partial charge on any atom is 0.305 e. The summed E-state index contributed by atoms with van der Waals surface area (Å²) in [6, 6.07) is 9.67. The fraction of sp³-hybridized carbons (Fsp3) is 0.333. The molecule has 0 aliphatic rings. The Morgan fingerprint density at radius 3 is 2.59 bits per heavy atom. The molecular formula is C15H17N3O3S. The highest BCUT2D eigenvalue weighted by Gasteiger charge is 2.09. The van der Waals surface area contributed by atoms with Crippen molar-refractivity contribution in [3.05, 3.63) is 30.3 Å². The van der Waals surface area contributed by atoms with Crippen LogP contribution >= 0.6 is 11.3 Å². The Morgan fingerprint density at radius 1 is 1.14 bits per heavy atom. The molecule has 1 amide bonds. The zero-order chi connectivity index (χ0) is 15.8. The van der Waals surface area contributed by atoms with Gasteiger partial charge in [-0.2, -0.15) is 0 Å².